The Morgan fingerprint density at radius 1 is 1.64 bits per heavy atom. The minimum absolute atomic E-state index is 0.675. The Labute approximate surface area is 77.0 Å². The van der Waals surface area contributed by atoms with Crippen molar-refractivity contribution >= 4 is 15.9 Å². The van der Waals surface area contributed by atoms with Crippen LogP contribution in [0.1, 0.15) is 12.8 Å². The third-order valence-electron chi connectivity index (χ3n) is 2.17. The van der Waals surface area contributed by atoms with Crippen LogP contribution in [0.15, 0.2) is 0 Å². The second-order valence-corrected chi connectivity index (χ2v) is 3.83. The largest absolute Gasteiger partial charge is 0.380 e. The lowest BCUT2D eigenvalue weighted by Crippen LogP contribution is -2.32. The molecule has 1 aliphatic rings. The molecule has 1 aliphatic heterocycles. The van der Waals surface area contributed by atoms with Gasteiger partial charge in [0.05, 0.1) is 6.61 Å². The number of alkyl halides is 1. The van der Waals surface area contributed by atoms with Crippen molar-refractivity contribution in [3.05, 3.63) is 0 Å². The Kier molecular flexibility index (Phi) is 4.41. The standard InChI is InChI=1S/C8H16BrNO/c1-10(5-2-4-9)8-3-6-11-7-8/h8H,2-7H2,1H3. The predicted octanol–water partition coefficient (Wildman–Crippen LogP) is 1.49. The average molecular weight is 222 g/mol. The summed E-state index contributed by atoms with van der Waals surface area (Å²) in [6.45, 7) is 3.06. The van der Waals surface area contributed by atoms with Gasteiger partial charge in [-0.05, 0) is 26.4 Å². The highest BCUT2D eigenvalue weighted by molar-refractivity contribution is 9.09. The molecule has 66 valence electrons. The molecular weight excluding hydrogens is 206 g/mol. The van der Waals surface area contributed by atoms with E-state index in [0.717, 1.165) is 18.5 Å². The molecule has 1 heterocycles. The van der Waals surface area contributed by atoms with Crippen LogP contribution in [0.2, 0.25) is 0 Å². The third kappa shape index (κ3) is 3.09. The third-order valence-corrected chi connectivity index (χ3v) is 2.73. The van der Waals surface area contributed by atoms with Gasteiger partial charge in [0.15, 0.2) is 0 Å². The van der Waals surface area contributed by atoms with Crippen LogP contribution < -0.4 is 0 Å². The van der Waals surface area contributed by atoms with Gasteiger partial charge in [-0.25, -0.2) is 0 Å². The minimum atomic E-state index is 0.675. The number of ether oxygens (including phenoxy) is 1. The fourth-order valence-electron chi connectivity index (χ4n) is 1.36. The van der Waals surface area contributed by atoms with Gasteiger partial charge in [0, 0.05) is 18.0 Å². The molecule has 11 heavy (non-hydrogen) atoms. The summed E-state index contributed by atoms with van der Waals surface area (Å²) in [6, 6.07) is 0.675. The molecule has 0 saturated carbocycles. The fraction of sp³-hybridized carbons (Fsp3) is 1.00. The maximum atomic E-state index is 5.30. The second kappa shape index (κ2) is 5.12. The van der Waals surface area contributed by atoms with Gasteiger partial charge in [0.1, 0.15) is 0 Å². The molecule has 0 bridgehead atoms. The van der Waals surface area contributed by atoms with Crippen molar-refractivity contribution in [1.82, 2.24) is 4.90 Å². The number of rotatable bonds is 4. The van der Waals surface area contributed by atoms with E-state index >= 15 is 0 Å². The van der Waals surface area contributed by atoms with Crippen LogP contribution in [0.5, 0.6) is 0 Å². The molecule has 1 fully saturated rings. The molecule has 0 amide bonds. The van der Waals surface area contributed by atoms with Crippen molar-refractivity contribution < 1.29 is 4.74 Å². The van der Waals surface area contributed by atoms with Crippen LogP contribution in [0.4, 0.5) is 0 Å². The highest BCUT2D eigenvalue weighted by atomic mass is 79.9. The first-order chi connectivity index (χ1) is 5.34. The number of hydrogen-bond donors (Lipinski definition) is 0. The molecule has 1 saturated heterocycles. The van der Waals surface area contributed by atoms with E-state index in [1.54, 1.807) is 0 Å². The van der Waals surface area contributed by atoms with Gasteiger partial charge in [-0.3, -0.25) is 0 Å². The van der Waals surface area contributed by atoms with Crippen LogP contribution in [0, 0.1) is 0 Å². The zero-order valence-electron chi connectivity index (χ0n) is 7.05. The van der Waals surface area contributed by atoms with Gasteiger partial charge in [-0.15, -0.1) is 0 Å². The molecule has 0 aromatic rings. The lowest BCUT2D eigenvalue weighted by molar-refractivity contribution is 0.159. The SMILES string of the molecule is CN(CCCBr)C1CCOC1. The minimum Gasteiger partial charge on any atom is -0.380 e. The van der Waals surface area contributed by atoms with Gasteiger partial charge < -0.3 is 9.64 Å². The zero-order valence-corrected chi connectivity index (χ0v) is 8.64. The first kappa shape index (κ1) is 9.49. The molecule has 0 spiro atoms. The van der Waals surface area contributed by atoms with E-state index in [2.05, 4.69) is 27.9 Å². The second-order valence-electron chi connectivity index (χ2n) is 3.04. The summed E-state index contributed by atoms with van der Waals surface area (Å²) < 4.78 is 5.30. The predicted molar refractivity (Wildman–Crippen MR) is 50.3 cm³/mol. The fourth-order valence-corrected chi connectivity index (χ4v) is 1.61. The molecule has 0 radical (unpaired) electrons. The van der Waals surface area contributed by atoms with E-state index in [1.807, 2.05) is 0 Å². The number of likely N-dealkylation sites (N-methyl/N-ethyl adjacent to an activating group) is 1. The van der Waals surface area contributed by atoms with Crippen LogP contribution in [-0.2, 0) is 4.74 Å². The average Bonchev–Trinajstić information content (AvgIpc) is 2.52. The van der Waals surface area contributed by atoms with Crippen molar-refractivity contribution in [2.24, 2.45) is 0 Å². The van der Waals surface area contributed by atoms with Crippen LogP contribution in [0.3, 0.4) is 0 Å². The number of nitrogens with zero attached hydrogens (tertiary/aromatic N) is 1. The van der Waals surface area contributed by atoms with Crippen LogP contribution in [-0.4, -0.2) is 43.1 Å². The molecule has 0 aliphatic carbocycles. The Hall–Kier alpha value is 0.400. The lowest BCUT2D eigenvalue weighted by Gasteiger charge is -2.21. The van der Waals surface area contributed by atoms with E-state index in [1.165, 1.54) is 19.4 Å². The molecule has 1 atom stereocenters. The van der Waals surface area contributed by atoms with Crippen molar-refractivity contribution in [3.63, 3.8) is 0 Å². The highest BCUT2D eigenvalue weighted by Gasteiger charge is 2.19. The first-order valence-corrected chi connectivity index (χ1v) is 5.30. The molecule has 2 nitrogen and oxygen atoms in total. The summed E-state index contributed by atoms with van der Waals surface area (Å²) in [7, 11) is 2.18. The smallest absolute Gasteiger partial charge is 0.0622 e. The lowest BCUT2D eigenvalue weighted by atomic mass is 10.2. The summed E-state index contributed by atoms with van der Waals surface area (Å²) in [5, 5.41) is 1.10. The first-order valence-electron chi connectivity index (χ1n) is 4.18. The summed E-state index contributed by atoms with van der Waals surface area (Å²) in [5.41, 5.74) is 0. The Balaban J connectivity index is 2.12. The van der Waals surface area contributed by atoms with E-state index in [9.17, 15) is 0 Å². The quantitative estimate of drug-likeness (QED) is 0.668. The summed E-state index contributed by atoms with van der Waals surface area (Å²) in [5.74, 6) is 0. The van der Waals surface area contributed by atoms with Crippen molar-refractivity contribution in [1.29, 1.82) is 0 Å². The Bertz CT molecular complexity index is 104. The molecular formula is C8H16BrNO. The molecule has 0 aromatic carbocycles. The molecule has 0 aromatic heterocycles. The number of halogens is 1. The van der Waals surface area contributed by atoms with Gasteiger partial charge in [-0.1, -0.05) is 15.9 Å². The van der Waals surface area contributed by atoms with E-state index < -0.39 is 0 Å². The Morgan fingerprint density at radius 2 is 2.45 bits per heavy atom. The molecule has 3 heteroatoms. The van der Waals surface area contributed by atoms with E-state index in [0.29, 0.717) is 6.04 Å². The molecule has 1 rings (SSSR count). The maximum Gasteiger partial charge on any atom is 0.0622 e. The highest BCUT2D eigenvalue weighted by Crippen LogP contribution is 2.10. The van der Waals surface area contributed by atoms with Gasteiger partial charge in [0.2, 0.25) is 0 Å². The van der Waals surface area contributed by atoms with Gasteiger partial charge in [0.25, 0.3) is 0 Å². The monoisotopic (exact) mass is 221 g/mol. The van der Waals surface area contributed by atoms with Crippen molar-refractivity contribution in [2.45, 2.75) is 18.9 Å². The van der Waals surface area contributed by atoms with E-state index in [4.69, 9.17) is 4.74 Å². The van der Waals surface area contributed by atoms with Crippen molar-refractivity contribution in [2.75, 3.05) is 32.1 Å². The zero-order chi connectivity index (χ0) is 8.10. The summed E-state index contributed by atoms with van der Waals surface area (Å²) >= 11 is 3.43. The van der Waals surface area contributed by atoms with Gasteiger partial charge >= 0.3 is 0 Å². The molecule has 1 unspecified atom stereocenters. The topological polar surface area (TPSA) is 12.5 Å². The summed E-state index contributed by atoms with van der Waals surface area (Å²) in [6.07, 6.45) is 2.44. The number of hydrogen-bond acceptors (Lipinski definition) is 2. The normalized spacial score (nSPS) is 24.8. The molecule has 0 N–H and O–H groups in total. The Morgan fingerprint density at radius 3 is 3.00 bits per heavy atom. The van der Waals surface area contributed by atoms with Crippen LogP contribution >= 0.6 is 15.9 Å². The van der Waals surface area contributed by atoms with Crippen LogP contribution in [0.25, 0.3) is 0 Å². The maximum absolute atomic E-state index is 5.30. The van der Waals surface area contributed by atoms with E-state index in [-0.39, 0.29) is 0 Å². The van der Waals surface area contributed by atoms with Gasteiger partial charge in [-0.2, -0.15) is 0 Å². The summed E-state index contributed by atoms with van der Waals surface area (Å²) in [4.78, 5) is 2.40. The van der Waals surface area contributed by atoms with Crippen molar-refractivity contribution in [3.8, 4) is 0 Å².